The third-order valence-electron chi connectivity index (χ3n) is 5.50. The highest BCUT2D eigenvalue weighted by Crippen LogP contribution is 2.29. The van der Waals surface area contributed by atoms with Gasteiger partial charge in [-0.15, -0.1) is 0 Å². The molecular formula is C25H27N3O2. The molecule has 0 bridgehead atoms. The number of ether oxygens (including phenoxy) is 1. The predicted molar refractivity (Wildman–Crippen MR) is 116 cm³/mol. The van der Waals surface area contributed by atoms with Gasteiger partial charge in [0, 0.05) is 36.3 Å². The SMILES string of the molecule is Cc1ncc(COCc2ccccc2)c(C2CCCN(C(=O)c3ccccc3)C2)n1. The zero-order valence-electron chi connectivity index (χ0n) is 17.3. The minimum atomic E-state index is 0.0907. The highest BCUT2D eigenvalue weighted by atomic mass is 16.5. The van der Waals surface area contributed by atoms with Crippen molar-refractivity contribution >= 4 is 5.91 Å². The van der Waals surface area contributed by atoms with E-state index in [1.165, 1.54) is 0 Å². The quantitative estimate of drug-likeness (QED) is 0.609. The molecule has 2 heterocycles. The van der Waals surface area contributed by atoms with Crippen LogP contribution in [0.4, 0.5) is 0 Å². The molecular weight excluding hydrogens is 374 g/mol. The third-order valence-corrected chi connectivity index (χ3v) is 5.50. The number of likely N-dealkylation sites (tertiary alicyclic amines) is 1. The molecule has 0 aliphatic carbocycles. The average Bonchev–Trinajstić information content (AvgIpc) is 2.81. The van der Waals surface area contributed by atoms with Crippen molar-refractivity contribution in [3.63, 3.8) is 0 Å². The van der Waals surface area contributed by atoms with Crippen molar-refractivity contribution in [3.05, 3.63) is 95.1 Å². The van der Waals surface area contributed by atoms with Crippen LogP contribution in [-0.2, 0) is 18.0 Å². The van der Waals surface area contributed by atoms with Crippen LogP contribution in [0.25, 0.3) is 0 Å². The molecule has 1 atom stereocenters. The number of aromatic nitrogens is 2. The molecule has 3 aromatic rings. The Hall–Kier alpha value is -3.05. The summed E-state index contributed by atoms with van der Waals surface area (Å²) in [5, 5.41) is 0. The number of nitrogens with zero attached hydrogens (tertiary/aromatic N) is 3. The summed E-state index contributed by atoms with van der Waals surface area (Å²) in [6.45, 7) is 4.39. The number of carbonyl (C=O) groups excluding carboxylic acids is 1. The third kappa shape index (κ3) is 4.92. The Morgan fingerprint density at radius 3 is 2.57 bits per heavy atom. The lowest BCUT2D eigenvalue weighted by Crippen LogP contribution is -2.39. The normalized spacial score (nSPS) is 16.4. The van der Waals surface area contributed by atoms with Crippen molar-refractivity contribution in [1.82, 2.24) is 14.9 Å². The molecule has 1 fully saturated rings. The lowest BCUT2D eigenvalue weighted by Gasteiger charge is -2.33. The summed E-state index contributed by atoms with van der Waals surface area (Å²) in [4.78, 5) is 24.0. The molecule has 1 aliphatic heterocycles. The number of hydrogen-bond donors (Lipinski definition) is 0. The number of piperidine rings is 1. The van der Waals surface area contributed by atoms with E-state index >= 15 is 0 Å². The molecule has 0 saturated carbocycles. The van der Waals surface area contributed by atoms with Gasteiger partial charge in [-0.3, -0.25) is 4.79 Å². The molecule has 1 saturated heterocycles. The Kier molecular flexibility index (Phi) is 6.50. The maximum atomic E-state index is 12.9. The van der Waals surface area contributed by atoms with Crippen molar-refractivity contribution in [1.29, 1.82) is 0 Å². The topological polar surface area (TPSA) is 55.3 Å². The van der Waals surface area contributed by atoms with E-state index in [4.69, 9.17) is 9.72 Å². The number of aryl methyl sites for hydroxylation is 1. The minimum absolute atomic E-state index is 0.0907. The van der Waals surface area contributed by atoms with Gasteiger partial charge in [0.05, 0.1) is 18.9 Å². The van der Waals surface area contributed by atoms with Crippen LogP contribution in [0.1, 0.15) is 51.8 Å². The van der Waals surface area contributed by atoms with Crippen molar-refractivity contribution < 1.29 is 9.53 Å². The number of benzene rings is 2. The average molecular weight is 402 g/mol. The van der Waals surface area contributed by atoms with Crippen LogP contribution < -0.4 is 0 Å². The fourth-order valence-electron chi connectivity index (χ4n) is 3.98. The van der Waals surface area contributed by atoms with Gasteiger partial charge in [-0.1, -0.05) is 48.5 Å². The molecule has 5 nitrogen and oxygen atoms in total. The summed E-state index contributed by atoms with van der Waals surface area (Å²) in [5.41, 5.74) is 3.91. The molecule has 0 N–H and O–H groups in total. The molecule has 30 heavy (non-hydrogen) atoms. The van der Waals surface area contributed by atoms with Crippen LogP contribution in [0.2, 0.25) is 0 Å². The summed E-state index contributed by atoms with van der Waals surface area (Å²) < 4.78 is 5.96. The number of amides is 1. The fraction of sp³-hybridized carbons (Fsp3) is 0.320. The molecule has 1 aromatic heterocycles. The van der Waals surface area contributed by atoms with Crippen molar-refractivity contribution in [2.45, 2.75) is 38.9 Å². The van der Waals surface area contributed by atoms with Crippen LogP contribution in [0.15, 0.2) is 66.9 Å². The van der Waals surface area contributed by atoms with Crippen LogP contribution in [0, 0.1) is 6.92 Å². The van der Waals surface area contributed by atoms with Gasteiger partial charge in [-0.25, -0.2) is 9.97 Å². The number of carbonyl (C=O) groups is 1. The second kappa shape index (κ2) is 9.63. The molecule has 0 radical (unpaired) electrons. The first kappa shape index (κ1) is 20.2. The summed E-state index contributed by atoms with van der Waals surface area (Å²) >= 11 is 0. The van der Waals surface area contributed by atoms with Gasteiger partial charge in [0.25, 0.3) is 5.91 Å². The van der Waals surface area contributed by atoms with Gasteiger partial charge in [0.2, 0.25) is 0 Å². The number of rotatable bonds is 6. The van der Waals surface area contributed by atoms with Crippen LogP contribution >= 0.6 is 0 Å². The summed E-state index contributed by atoms with van der Waals surface area (Å²) in [6, 6.07) is 19.6. The van der Waals surface area contributed by atoms with Crippen LogP contribution in [0.5, 0.6) is 0 Å². The largest absolute Gasteiger partial charge is 0.372 e. The van der Waals surface area contributed by atoms with Gasteiger partial charge in [-0.2, -0.15) is 0 Å². The van der Waals surface area contributed by atoms with Gasteiger partial charge >= 0.3 is 0 Å². The lowest BCUT2D eigenvalue weighted by atomic mass is 9.91. The fourth-order valence-corrected chi connectivity index (χ4v) is 3.98. The first-order valence-corrected chi connectivity index (χ1v) is 10.5. The Bertz CT molecular complexity index is 976. The van der Waals surface area contributed by atoms with E-state index < -0.39 is 0 Å². The van der Waals surface area contributed by atoms with Gasteiger partial charge < -0.3 is 9.64 Å². The van der Waals surface area contributed by atoms with Gasteiger partial charge in [0.15, 0.2) is 0 Å². The monoisotopic (exact) mass is 401 g/mol. The Morgan fingerprint density at radius 1 is 1.07 bits per heavy atom. The predicted octanol–water partition coefficient (Wildman–Crippen LogP) is 4.52. The van der Waals surface area contributed by atoms with E-state index in [-0.39, 0.29) is 11.8 Å². The first-order chi connectivity index (χ1) is 14.7. The second-order valence-corrected chi connectivity index (χ2v) is 7.76. The van der Waals surface area contributed by atoms with E-state index in [2.05, 4.69) is 17.1 Å². The van der Waals surface area contributed by atoms with Gasteiger partial charge in [-0.05, 0) is 37.5 Å². The maximum Gasteiger partial charge on any atom is 0.253 e. The Morgan fingerprint density at radius 2 is 1.80 bits per heavy atom. The highest BCUT2D eigenvalue weighted by molar-refractivity contribution is 5.94. The Labute approximate surface area is 177 Å². The molecule has 0 spiro atoms. The molecule has 1 amide bonds. The summed E-state index contributed by atoms with van der Waals surface area (Å²) in [7, 11) is 0. The van der Waals surface area contributed by atoms with E-state index in [9.17, 15) is 4.79 Å². The van der Waals surface area contributed by atoms with Crippen molar-refractivity contribution in [3.8, 4) is 0 Å². The second-order valence-electron chi connectivity index (χ2n) is 7.76. The first-order valence-electron chi connectivity index (χ1n) is 10.5. The van der Waals surface area contributed by atoms with Gasteiger partial charge in [0.1, 0.15) is 5.82 Å². The molecule has 4 rings (SSSR count). The standard InChI is InChI=1S/C25H27N3O2/c1-19-26-15-23(18-30-17-20-9-4-2-5-10-20)24(27-19)22-13-8-14-28(16-22)25(29)21-11-6-3-7-12-21/h2-7,9-12,15,22H,8,13-14,16-18H2,1H3. The van der Waals surface area contributed by atoms with Crippen molar-refractivity contribution in [2.75, 3.05) is 13.1 Å². The molecule has 1 unspecified atom stereocenters. The number of hydrogen-bond acceptors (Lipinski definition) is 4. The van der Waals surface area contributed by atoms with E-state index in [1.54, 1.807) is 0 Å². The molecule has 1 aliphatic rings. The smallest absolute Gasteiger partial charge is 0.253 e. The van der Waals surface area contributed by atoms with E-state index in [0.717, 1.165) is 47.6 Å². The summed E-state index contributed by atoms with van der Waals surface area (Å²) in [6.07, 6.45) is 3.86. The van der Waals surface area contributed by atoms with E-state index in [0.29, 0.717) is 19.8 Å². The van der Waals surface area contributed by atoms with Crippen molar-refractivity contribution in [2.24, 2.45) is 0 Å². The zero-order valence-corrected chi connectivity index (χ0v) is 17.3. The zero-order chi connectivity index (χ0) is 20.8. The lowest BCUT2D eigenvalue weighted by molar-refractivity contribution is 0.0703. The minimum Gasteiger partial charge on any atom is -0.372 e. The summed E-state index contributed by atoms with van der Waals surface area (Å²) in [5.74, 6) is 1.04. The highest BCUT2D eigenvalue weighted by Gasteiger charge is 2.28. The van der Waals surface area contributed by atoms with E-state index in [1.807, 2.05) is 66.6 Å². The maximum absolute atomic E-state index is 12.9. The van der Waals surface area contributed by atoms with Crippen LogP contribution in [-0.4, -0.2) is 33.9 Å². The Balaban J connectivity index is 1.47. The molecule has 2 aromatic carbocycles. The van der Waals surface area contributed by atoms with Crippen LogP contribution in [0.3, 0.4) is 0 Å². The molecule has 154 valence electrons. The molecule has 5 heteroatoms.